The largest absolute Gasteiger partial charge is 0.353 e. The topological polar surface area (TPSA) is 24.1 Å². The molecule has 2 N–H and O–H groups in total. The normalized spacial score (nSPS) is 16.1. The predicted octanol–water partition coefficient (Wildman–Crippen LogP) is 4.89. The van der Waals surface area contributed by atoms with E-state index in [2.05, 4.69) is 41.8 Å². The van der Waals surface area contributed by atoms with Gasteiger partial charge in [0.25, 0.3) is 0 Å². The molecule has 1 aliphatic rings. The Labute approximate surface area is 142 Å². The van der Waals surface area contributed by atoms with E-state index in [0.29, 0.717) is 10.8 Å². The molecule has 1 fully saturated rings. The summed E-state index contributed by atoms with van der Waals surface area (Å²) in [6, 6.07) is 15.0. The molecule has 2 nitrogen and oxygen atoms in total. The van der Waals surface area contributed by atoms with Crippen LogP contribution in [-0.4, -0.2) is 5.11 Å². The standard InChI is InChI=1S/C19H21FN2S/c1-14-8-2-3-9-15(14)19(12-6-7-13-19)22-18(23)21-17-11-5-4-10-16(17)20/h2-5,8-11H,6-7,12-13H2,1H3,(H2,21,22,23). The minimum atomic E-state index is -0.298. The smallest absolute Gasteiger partial charge is 0.171 e. The second kappa shape index (κ2) is 6.67. The number of hydrogen-bond acceptors (Lipinski definition) is 1. The third-order valence-corrected chi connectivity index (χ3v) is 4.80. The summed E-state index contributed by atoms with van der Waals surface area (Å²) in [7, 11) is 0. The van der Waals surface area contributed by atoms with E-state index in [9.17, 15) is 4.39 Å². The molecule has 2 aromatic rings. The first-order chi connectivity index (χ1) is 11.1. The zero-order chi connectivity index (χ0) is 16.3. The molecular weight excluding hydrogens is 307 g/mol. The number of rotatable bonds is 3. The molecule has 0 saturated heterocycles. The van der Waals surface area contributed by atoms with Crippen molar-refractivity contribution >= 4 is 23.0 Å². The van der Waals surface area contributed by atoms with E-state index in [0.717, 1.165) is 12.8 Å². The van der Waals surface area contributed by atoms with Gasteiger partial charge >= 0.3 is 0 Å². The van der Waals surface area contributed by atoms with Crippen molar-refractivity contribution in [2.75, 3.05) is 5.32 Å². The van der Waals surface area contributed by atoms with Crippen LogP contribution in [0.25, 0.3) is 0 Å². The van der Waals surface area contributed by atoms with Crippen molar-refractivity contribution in [3.05, 3.63) is 65.5 Å². The summed E-state index contributed by atoms with van der Waals surface area (Å²) >= 11 is 5.46. The lowest BCUT2D eigenvalue weighted by Crippen LogP contribution is -2.46. The molecule has 1 saturated carbocycles. The Morgan fingerprint density at radius 2 is 1.70 bits per heavy atom. The van der Waals surface area contributed by atoms with Crippen molar-refractivity contribution < 1.29 is 4.39 Å². The van der Waals surface area contributed by atoms with Crippen LogP contribution in [0.2, 0.25) is 0 Å². The number of para-hydroxylation sites is 1. The van der Waals surface area contributed by atoms with Crippen LogP contribution in [0, 0.1) is 12.7 Å². The monoisotopic (exact) mass is 328 g/mol. The summed E-state index contributed by atoms with van der Waals surface area (Å²) in [6.07, 6.45) is 4.42. The average molecular weight is 328 g/mol. The third kappa shape index (κ3) is 3.37. The maximum atomic E-state index is 13.8. The van der Waals surface area contributed by atoms with Gasteiger partial charge < -0.3 is 10.6 Å². The summed E-state index contributed by atoms with van der Waals surface area (Å²) in [5, 5.41) is 6.95. The number of anilines is 1. The quantitative estimate of drug-likeness (QED) is 0.785. The number of halogens is 1. The molecule has 2 aromatic carbocycles. The van der Waals surface area contributed by atoms with Gasteiger partial charge in [0.2, 0.25) is 0 Å². The van der Waals surface area contributed by atoms with Gasteiger partial charge in [-0.1, -0.05) is 49.2 Å². The van der Waals surface area contributed by atoms with Gasteiger partial charge in [0.05, 0.1) is 11.2 Å². The van der Waals surface area contributed by atoms with Gasteiger partial charge in [-0.3, -0.25) is 0 Å². The first-order valence-electron chi connectivity index (χ1n) is 8.00. The maximum Gasteiger partial charge on any atom is 0.171 e. The Balaban J connectivity index is 1.82. The molecule has 120 valence electrons. The minimum Gasteiger partial charge on any atom is -0.353 e. The molecule has 0 radical (unpaired) electrons. The fourth-order valence-electron chi connectivity index (χ4n) is 3.48. The zero-order valence-electron chi connectivity index (χ0n) is 13.2. The first-order valence-corrected chi connectivity index (χ1v) is 8.41. The number of hydrogen-bond donors (Lipinski definition) is 2. The van der Waals surface area contributed by atoms with Crippen molar-refractivity contribution in [3.8, 4) is 0 Å². The van der Waals surface area contributed by atoms with Crippen LogP contribution < -0.4 is 10.6 Å². The first kappa shape index (κ1) is 15.9. The summed E-state index contributed by atoms with van der Waals surface area (Å²) in [5.41, 5.74) is 2.80. The molecule has 0 spiro atoms. The molecule has 0 aromatic heterocycles. The van der Waals surface area contributed by atoms with Gasteiger partial charge in [0.15, 0.2) is 5.11 Å². The van der Waals surface area contributed by atoms with Crippen molar-refractivity contribution in [3.63, 3.8) is 0 Å². The van der Waals surface area contributed by atoms with E-state index >= 15 is 0 Å². The van der Waals surface area contributed by atoms with Crippen LogP contribution in [0.1, 0.15) is 36.8 Å². The zero-order valence-corrected chi connectivity index (χ0v) is 14.0. The van der Waals surface area contributed by atoms with Gasteiger partial charge in [-0.05, 0) is 55.2 Å². The predicted molar refractivity (Wildman–Crippen MR) is 97.1 cm³/mol. The highest BCUT2D eigenvalue weighted by Gasteiger charge is 2.37. The number of benzene rings is 2. The highest BCUT2D eigenvalue weighted by molar-refractivity contribution is 7.80. The summed E-state index contributed by atoms with van der Waals surface area (Å²) in [4.78, 5) is 0. The van der Waals surface area contributed by atoms with E-state index in [1.807, 2.05) is 0 Å². The highest BCUT2D eigenvalue weighted by atomic mass is 32.1. The van der Waals surface area contributed by atoms with E-state index in [1.165, 1.54) is 30.0 Å². The number of aryl methyl sites for hydroxylation is 1. The van der Waals surface area contributed by atoms with Crippen LogP contribution in [0.3, 0.4) is 0 Å². The highest BCUT2D eigenvalue weighted by Crippen LogP contribution is 2.40. The molecule has 3 rings (SSSR count). The molecular formula is C19H21FN2S. The molecule has 0 unspecified atom stereocenters. The van der Waals surface area contributed by atoms with Gasteiger partial charge in [0, 0.05) is 0 Å². The van der Waals surface area contributed by atoms with Gasteiger partial charge in [-0.2, -0.15) is 0 Å². The lowest BCUT2D eigenvalue weighted by Gasteiger charge is -2.33. The lowest BCUT2D eigenvalue weighted by atomic mass is 9.85. The van der Waals surface area contributed by atoms with Gasteiger partial charge in [-0.25, -0.2) is 4.39 Å². The lowest BCUT2D eigenvalue weighted by molar-refractivity contribution is 0.406. The van der Waals surface area contributed by atoms with Crippen LogP contribution in [0.15, 0.2) is 48.5 Å². The molecule has 4 heteroatoms. The Morgan fingerprint density at radius 1 is 1.04 bits per heavy atom. The molecule has 0 bridgehead atoms. The number of nitrogens with one attached hydrogen (secondary N) is 2. The van der Waals surface area contributed by atoms with E-state index < -0.39 is 0 Å². The van der Waals surface area contributed by atoms with E-state index in [1.54, 1.807) is 18.2 Å². The van der Waals surface area contributed by atoms with Gasteiger partial charge in [0.1, 0.15) is 5.82 Å². The second-order valence-corrected chi connectivity index (χ2v) is 6.57. The van der Waals surface area contributed by atoms with Gasteiger partial charge in [-0.15, -0.1) is 0 Å². The fourth-order valence-corrected chi connectivity index (χ4v) is 3.79. The molecule has 0 heterocycles. The Hall–Kier alpha value is -1.94. The molecule has 0 aliphatic heterocycles. The van der Waals surface area contributed by atoms with E-state index in [4.69, 9.17) is 12.2 Å². The molecule has 0 atom stereocenters. The van der Waals surface area contributed by atoms with Crippen LogP contribution in [0.5, 0.6) is 0 Å². The SMILES string of the molecule is Cc1ccccc1C1(NC(=S)Nc2ccccc2F)CCCC1. The maximum absolute atomic E-state index is 13.8. The molecule has 23 heavy (non-hydrogen) atoms. The van der Waals surface area contributed by atoms with Crippen LogP contribution in [0.4, 0.5) is 10.1 Å². The molecule has 1 aliphatic carbocycles. The Kier molecular flexibility index (Phi) is 4.62. The van der Waals surface area contributed by atoms with Crippen LogP contribution in [-0.2, 0) is 5.54 Å². The number of thiocarbonyl (C=S) groups is 1. The average Bonchev–Trinajstić information content (AvgIpc) is 2.99. The van der Waals surface area contributed by atoms with Crippen molar-refractivity contribution in [2.45, 2.75) is 38.1 Å². The summed E-state index contributed by atoms with van der Waals surface area (Å²) < 4.78 is 13.8. The van der Waals surface area contributed by atoms with E-state index in [-0.39, 0.29) is 11.4 Å². The molecule has 0 amide bonds. The minimum absolute atomic E-state index is 0.152. The van der Waals surface area contributed by atoms with Crippen LogP contribution >= 0.6 is 12.2 Å². The Bertz CT molecular complexity index is 708. The van der Waals surface area contributed by atoms with Crippen molar-refractivity contribution in [1.82, 2.24) is 5.32 Å². The van der Waals surface area contributed by atoms with Crippen molar-refractivity contribution in [2.24, 2.45) is 0 Å². The summed E-state index contributed by atoms with van der Waals surface area (Å²) in [6.45, 7) is 2.13. The summed E-state index contributed by atoms with van der Waals surface area (Å²) in [5.74, 6) is -0.298. The van der Waals surface area contributed by atoms with Crippen molar-refractivity contribution in [1.29, 1.82) is 0 Å². The fraction of sp³-hybridized carbons (Fsp3) is 0.316. The second-order valence-electron chi connectivity index (χ2n) is 6.16. The third-order valence-electron chi connectivity index (χ3n) is 4.59. The Morgan fingerprint density at radius 3 is 2.39 bits per heavy atom.